The van der Waals surface area contributed by atoms with Crippen LogP contribution in [0.5, 0.6) is 11.5 Å². The number of aromatic nitrogens is 2. The molecule has 0 saturated carbocycles. The number of hydrogen-bond donors (Lipinski definition) is 0. The normalized spacial score (nSPS) is 14.4. The van der Waals surface area contributed by atoms with Gasteiger partial charge >= 0.3 is 0 Å². The van der Waals surface area contributed by atoms with Gasteiger partial charge in [0.05, 0.1) is 10.7 Å². The number of rotatable bonds is 13. The molecule has 1 aliphatic rings. The molecule has 1 aliphatic heterocycles. The fraction of sp³-hybridized carbons (Fsp3) is 0.395. The smallest absolute Gasteiger partial charge is 0.127 e. The SMILES string of the molecule is CCCCc1sc(C2CCN(CCCCc3cc4ccccc4n3CC)CC2)nc1-c1ccc(Oc2ccc(Cl)cc2)cc1. The van der Waals surface area contributed by atoms with E-state index in [9.17, 15) is 0 Å². The Morgan fingerprint density at radius 2 is 1.59 bits per heavy atom. The second-order valence-electron chi connectivity index (χ2n) is 12.0. The average Bonchev–Trinajstić information content (AvgIpc) is 3.65. The number of halogens is 1. The maximum absolute atomic E-state index is 6.03. The highest BCUT2D eigenvalue weighted by molar-refractivity contribution is 7.12. The summed E-state index contributed by atoms with van der Waals surface area (Å²) >= 11 is 7.98. The van der Waals surface area contributed by atoms with Crippen LogP contribution in [0, 0.1) is 0 Å². The molecule has 0 radical (unpaired) electrons. The molecule has 0 aliphatic carbocycles. The molecule has 0 spiro atoms. The first-order valence-electron chi connectivity index (χ1n) is 16.4. The van der Waals surface area contributed by atoms with Crippen LogP contribution < -0.4 is 4.74 Å². The summed E-state index contributed by atoms with van der Waals surface area (Å²) in [7, 11) is 0. The number of benzene rings is 3. The Bertz CT molecular complexity index is 1630. The molecule has 3 heterocycles. The van der Waals surface area contributed by atoms with E-state index in [1.807, 2.05) is 47.7 Å². The Hall–Kier alpha value is -3.12. The maximum Gasteiger partial charge on any atom is 0.127 e. The second kappa shape index (κ2) is 14.8. The van der Waals surface area contributed by atoms with Crippen molar-refractivity contribution in [2.75, 3.05) is 19.6 Å². The van der Waals surface area contributed by atoms with E-state index in [4.69, 9.17) is 21.3 Å². The molecule has 3 aromatic carbocycles. The minimum Gasteiger partial charge on any atom is -0.457 e. The van der Waals surface area contributed by atoms with Crippen LogP contribution in [0.4, 0.5) is 0 Å². The number of unbranched alkanes of at least 4 members (excludes halogenated alkanes) is 2. The number of para-hydroxylation sites is 1. The quantitative estimate of drug-likeness (QED) is 0.122. The van der Waals surface area contributed by atoms with Gasteiger partial charge in [-0.15, -0.1) is 11.3 Å². The number of piperidine rings is 1. The summed E-state index contributed by atoms with van der Waals surface area (Å²) in [6, 6.07) is 27.1. The molecule has 2 aromatic heterocycles. The number of likely N-dealkylation sites (tertiary alicyclic amines) is 1. The fourth-order valence-electron chi connectivity index (χ4n) is 6.49. The minimum absolute atomic E-state index is 0.568. The zero-order valence-electron chi connectivity index (χ0n) is 26.1. The van der Waals surface area contributed by atoms with Crippen molar-refractivity contribution in [1.29, 1.82) is 0 Å². The lowest BCUT2D eigenvalue weighted by molar-refractivity contribution is 0.208. The van der Waals surface area contributed by atoms with Crippen molar-refractivity contribution in [3.63, 3.8) is 0 Å². The molecule has 0 bridgehead atoms. The monoisotopic (exact) mass is 625 g/mol. The van der Waals surface area contributed by atoms with E-state index in [1.165, 1.54) is 95.9 Å². The Morgan fingerprint density at radius 1 is 0.864 bits per heavy atom. The second-order valence-corrected chi connectivity index (χ2v) is 13.6. The van der Waals surface area contributed by atoms with E-state index in [0.29, 0.717) is 10.9 Å². The number of aryl methyl sites for hydroxylation is 3. The Kier molecular flexibility index (Phi) is 10.4. The molecular formula is C38H44ClN3OS. The van der Waals surface area contributed by atoms with Gasteiger partial charge in [-0.05, 0) is 138 Å². The van der Waals surface area contributed by atoms with Gasteiger partial charge < -0.3 is 14.2 Å². The number of nitrogens with zero attached hydrogens (tertiary/aromatic N) is 3. The van der Waals surface area contributed by atoms with Gasteiger partial charge in [0.2, 0.25) is 0 Å². The zero-order chi connectivity index (χ0) is 30.3. The first kappa shape index (κ1) is 30.9. The Balaban J connectivity index is 1.03. The van der Waals surface area contributed by atoms with Crippen molar-refractivity contribution in [3.05, 3.63) is 99.5 Å². The molecule has 1 saturated heterocycles. The van der Waals surface area contributed by atoms with E-state index in [2.05, 4.69) is 65.8 Å². The number of fused-ring (bicyclic) bond motifs is 1. The van der Waals surface area contributed by atoms with Gasteiger partial charge in [-0.1, -0.05) is 43.1 Å². The minimum atomic E-state index is 0.568. The fourth-order valence-corrected chi connectivity index (χ4v) is 7.91. The molecule has 0 amide bonds. The summed E-state index contributed by atoms with van der Waals surface area (Å²) in [6.45, 7) is 9.12. The van der Waals surface area contributed by atoms with Gasteiger partial charge in [0, 0.05) is 39.1 Å². The van der Waals surface area contributed by atoms with Crippen molar-refractivity contribution in [3.8, 4) is 22.8 Å². The van der Waals surface area contributed by atoms with Crippen molar-refractivity contribution in [2.24, 2.45) is 0 Å². The molecule has 6 rings (SSSR count). The highest BCUT2D eigenvalue weighted by Gasteiger charge is 2.25. The van der Waals surface area contributed by atoms with Gasteiger partial charge in [0.15, 0.2) is 0 Å². The Labute approximate surface area is 271 Å². The average molecular weight is 626 g/mol. The molecule has 4 nitrogen and oxygen atoms in total. The van der Waals surface area contributed by atoms with Crippen molar-refractivity contribution in [2.45, 2.75) is 77.7 Å². The molecule has 0 atom stereocenters. The molecule has 1 fully saturated rings. The summed E-state index contributed by atoms with van der Waals surface area (Å²) in [5.41, 5.74) is 5.20. The van der Waals surface area contributed by atoms with Crippen LogP contribution in [0.1, 0.15) is 73.9 Å². The number of ether oxygens (including phenoxy) is 1. The summed E-state index contributed by atoms with van der Waals surface area (Å²) in [5.74, 6) is 2.17. The predicted octanol–water partition coefficient (Wildman–Crippen LogP) is 10.8. The molecule has 44 heavy (non-hydrogen) atoms. The van der Waals surface area contributed by atoms with Crippen molar-refractivity contribution < 1.29 is 4.74 Å². The van der Waals surface area contributed by atoms with Crippen LogP contribution >= 0.6 is 22.9 Å². The summed E-state index contributed by atoms with van der Waals surface area (Å²) in [5, 5.41) is 3.41. The van der Waals surface area contributed by atoms with E-state index < -0.39 is 0 Å². The zero-order valence-corrected chi connectivity index (χ0v) is 27.7. The van der Waals surface area contributed by atoms with Crippen LogP contribution in [0.25, 0.3) is 22.2 Å². The van der Waals surface area contributed by atoms with Gasteiger partial charge in [0.1, 0.15) is 11.5 Å². The van der Waals surface area contributed by atoms with E-state index >= 15 is 0 Å². The number of hydrogen-bond acceptors (Lipinski definition) is 4. The van der Waals surface area contributed by atoms with Crippen LogP contribution in [-0.2, 0) is 19.4 Å². The number of thiazole rings is 1. The summed E-state index contributed by atoms with van der Waals surface area (Å²) in [6.07, 6.45) is 9.57. The first-order valence-corrected chi connectivity index (χ1v) is 17.6. The van der Waals surface area contributed by atoms with Gasteiger partial charge in [-0.2, -0.15) is 0 Å². The highest BCUT2D eigenvalue weighted by atomic mass is 35.5. The van der Waals surface area contributed by atoms with E-state index in [0.717, 1.165) is 30.9 Å². The largest absolute Gasteiger partial charge is 0.457 e. The lowest BCUT2D eigenvalue weighted by Crippen LogP contribution is -2.33. The van der Waals surface area contributed by atoms with Crippen LogP contribution in [0.15, 0.2) is 78.9 Å². The third-order valence-electron chi connectivity index (χ3n) is 8.96. The molecule has 5 aromatic rings. The lowest BCUT2D eigenvalue weighted by atomic mass is 9.97. The highest BCUT2D eigenvalue weighted by Crippen LogP contribution is 2.38. The molecule has 6 heteroatoms. The van der Waals surface area contributed by atoms with Crippen molar-refractivity contribution in [1.82, 2.24) is 14.5 Å². The van der Waals surface area contributed by atoms with Gasteiger partial charge in [-0.3, -0.25) is 0 Å². The molecule has 230 valence electrons. The van der Waals surface area contributed by atoms with Crippen LogP contribution in [-0.4, -0.2) is 34.1 Å². The third kappa shape index (κ3) is 7.39. The standard InChI is InChI=1S/C38H44ClN3OS/c1-3-5-13-36-37(28-14-18-33(19-15-28)43-34-20-16-31(39)17-21-34)40-38(44-36)29-22-25-41(26-23-29)24-9-8-11-32-27-30-10-6-7-12-35(30)42(32)4-2/h6-7,10,12,14-21,27,29H,3-5,8-9,11,13,22-26H2,1-2H3. The van der Waals surface area contributed by atoms with E-state index in [-0.39, 0.29) is 0 Å². The van der Waals surface area contributed by atoms with E-state index in [1.54, 1.807) is 0 Å². The van der Waals surface area contributed by atoms with Gasteiger partial charge in [-0.25, -0.2) is 4.98 Å². The topological polar surface area (TPSA) is 30.3 Å². The molecular weight excluding hydrogens is 582 g/mol. The molecule has 0 N–H and O–H groups in total. The maximum atomic E-state index is 6.03. The predicted molar refractivity (Wildman–Crippen MR) is 187 cm³/mol. The lowest BCUT2D eigenvalue weighted by Gasteiger charge is -2.31. The molecule has 0 unspecified atom stereocenters. The summed E-state index contributed by atoms with van der Waals surface area (Å²) < 4.78 is 8.52. The van der Waals surface area contributed by atoms with Crippen LogP contribution in [0.2, 0.25) is 5.02 Å². The first-order chi connectivity index (χ1) is 21.6. The van der Waals surface area contributed by atoms with Crippen LogP contribution in [0.3, 0.4) is 0 Å². The third-order valence-corrected chi connectivity index (χ3v) is 10.5. The Morgan fingerprint density at radius 3 is 2.32 bits per heavy atom. The van der Waals surface area contributed by atoms with Crippen molar-refractivity contribution >= 4 is 33.8 Å². The van der Waals surface area contributed by atoms with Gasteiger partial charge in [0.25, 0.3) is 0 Å². The summed E-state index contributed by atoms with van der Waals surface area (Å²) in [4.78, 5) is 9.40.